The van der Waals surface area contributed by atoms with E-state index in [0.29, 0.717) is 27.9 Å². The van der Waals surface area contributed by atoms with E-state index in [0.717, 1.165) is 21.5 Å². The van der Waals surface area contributed by atoms with E-state index in [4.69, 9.17) is 18.9 Å². The van der Waals surface area contributed by atoms with E-state index in [2.05, 4.69) is 10.1 Å². The summed E-state index contributed by atoms with van der Waals surface area (Å²) in [6.07, 6.45) is 1.59. The monoisotopic (exact) mass is 477 g/mol. The molecular formula is C25H23N3O5S. The Hall–Kier alpha value is -4.11. The van der Waals surface area contributed by atoms with Gasteiger partial charge < -0.3 is 18.9 Å². The fourth-order valence-electron chi connectivity index (χ4n) is 3.28. The van der Waals surface area contributed by atoms with Gasteiger partial charge in [-0.25, -0.2) is 4.98 Å². The van der Waals surface area contributed by atoms with Gasteiger partial charge in [-0.05, 0) is 60.2 Å². The van der Waals surface area contributed by atoms with Crippen molar-refractivity contribution < 1.29 is 23.7 Å². The molecule has 8 nitrogen and oxygen atoms in total. The summed E-state index contributed by atoms with van der Waals surface area (Å²) in [5, 5.41) is 6.17. The maximum atomic E-state index is 13.7. The number of hydrogen-bond donors (Lipinski definition) is 0. The standard InChI is InChI=1S/C25H23N3O5S/c1-30-17-10-8-16(9-11-17)15-26-28(24(29)19-6-5-7-21(32-3)23(19)33-4)25-27-20-13-12-18(31-2)14-22(20)34-25/h5-15H,1-4H3/b26-15+. The summed E-state index contributed by atoms with van der Waals surface area (Å²) in [6.45, 7) is 0. The van der Waals surface area contributed by atoms with Gasteiger partial charge >= 0.3 is 0 Å². The average Bonchev–Trinajstić information content (AvgIpc) is 3.31. The van der Waals surface area contributed by atoms with Gasteiger partial charge in [0.25, 0.3) is 5.91 Å². The summed E-state index contributed by atoms with van der Waals surface area (Å²) in [5.41, 5.74) is 1.82. The van der Waals surface area contributed by atoms with Crippen LogP contribution in [-0.2, 0) is 0 Å². The highest BCUT2D eigenvalue weighted by Crippen LogP contribution is 2.35. The molecule has 1 amide bonds. The molecule has 9 heteroatoms. The van der Waals surface area contributed by atoms with Crippen LogP contribution in [0.25, 0.3) is 10.2 Å². The molecule has 1 heterocycles. The second-order valence-corrected chi connectivity index (χ2v) is 8.01. The van der Waals surface area contributed by atoms with E-state index < -0.39 is 5.91 Å². The molecule has 3 aromatic carbocycles. The highest BCUT2D eigenvalue weighted by molar-refractivity contribution is 7.22. The molecule has 0 unspecified atom stereocenters. The first-order valence-electron chi connectivity index (χ1n) is 10.3. The number of thiazole rings is 1. The van der Waals surface area contributed by atoms with Gasteiger partial charge in [-0.1, -0.05) is 17.4 Å². The smallest absolute Gasteiger partial charge is 0.284 e. The number of carbonyl (C=O) groups is 1. The lowest BCUT2D eigenvalue weighted by atomic mass is 10.1. The van der Waals surface area contributed by atoms with Gasteiger partial charge in [-0.15, -0.1) is 0 Å². The number of hydrogen-bond acceptors (Lipinski definition) is 8. The summed E-state index contributed by atoms with van der Waals surface area (Å²) >= 11 is 1.33. The van der Waals surface area contributed by atoms with Crippen LogP contribution in [0.2, 0.25) is 0 Å². The Balaban J connectivity index is 1.79. The van der Waals surface area contributed by atoms with Gasteiger partial charge in [0.15, 0.2) is 11.5 Å². The van der Waals surface area contributed by atoms with Crippen LogP contribution in [0.15, 0.2) is 65.8 Å². The van der Waals surface area contributed by atoms with Gasteiger partial charge in [0.1, 0.15) is 11.5 Å². The molecule has 0 bridgehead atoms. The summed E-state index contributed by atoms with van der Waals surface area (Å²) in [7, 11) is 6.22. The Bertz CT molecular complexity index is 1330. The number of para-hydroxylation sites is 1. The molecular weight excluding hydrogens is 454 g/mol. The van der Waals surface area contributed by atoms with Crippen molar-refractivity contribution in [2.45, 2.75) is 0 Å². The van der Waals surface area contributed by atoms with Crippen molar-refractivity contribution in [3.63, 3.8) is 0 Å². The molecule has 0 saturated carbocycles. The van der Waals surface area contributed by atoms with E-state index in [1.165, 1.54) is 30.6 Å². The number of fused-ring (bicyclic) bond motifs is 1. The van der Waals surface area contributed by atoms with Crippen molar-refractivity contribution in [3.05, 3.63) is 71.8 Å². The van der Waals surface area contributed by atoms with Crippen molar-refractivity contribution in [1.29, 1.82) is 0 Å². The van der Waals surface area contributed by atoms with E-state index in [1.54, 1.807) is 38.6 Å². The van der Waals surface area contributed by atoms with Crippen LogP contribution < -0.4 is 24.0 Å². The fourth-order valence-corrected chi connectivity index (χ4v) is 4.23. The predicted molar refractivity (Wildman–Crippen MR) is 133 cm³/mol. The van der Waals surface area contributed by atoms with Crippen LogP contribution in [-0.4, -0.2) is 45.5 Å². The van der Waals surface area contributed by atoms with Crippen molar-refractivity contribution in [3.8, 4) is 23.0 Å². The number of rotatable bonds is 8. The highest BCUT2D eigenvalue weighted by Gasteiger charge is 2.25. The number of amides is 1. The topological polar surface area (TPSA) is 82.5 Å². The minimum Gasteiger partial charge on any atom is -0.497 e. The third kappa shape index (κ3) is 4.65. The molecule has 174 valence electrons. The van der Waals surface area contributed by atoms with E-state index in [1.807, 2.05) is 42.5 Å². The minimum atomic E-state index is -0.411. The molecule has 4 rings (SSSR count). The molecule has 0 atom stereocenters. The maximum Gasteiger partial charge on any atom is 0.284 e. The van der Waals surface area contributed by atoms with Crippen LogP contribution >= 0.6 is 11.3 Å². The number of anilines is 1. The Kier molecular flexibility index (Phi) is 6.93. The van der Waals surface area contributed by atoms with Gasteiger partial charge in [0, 0.05) is 0 Å². The normalized spacial score (nSPS) is 10.9. The molecule has 0 saturated heterocycles. The molecule has 0 aliphatic carbocycles. The second kappa shape index (κ2) is 10.2. The minimum absolute atomic E-state index is 0.297. The molecule has 4 aromatic rings. The van der Waals surface area contributed by atoms with Crippen molar-refractivity contribution in [2.24, 2.45) is 5.10 Å². The molecule has 1 aromatic heterocycles. The number of ether oxygens (including phenoxy) is 4. The molecule has 0 N–H and O–H groups in total. The molecule has 0 spiro atoms. The quantitative estimate of drug-likeness (QED) is 0.262. The van der Waals surface area contributed by atoms with Crippen LogP contribution in [0.3, 0.4) is 0 Å². The van der Waals surface area contributed by atoms with Crippen LogP contribution in [0, 0.1) is 0 Å². The number of hydrazone groups is 1. The summed E-state index contributed by atoms with van der Waals surface area (Å²) in [6, 6.07) is 18.0. The van der Waals surface area contributed by atoms with Gasteiger partial charge in [-0.2, -0.15) is 10.1 Å². The molecule has 0 fully saturated rings. The average molecular weight is 478 g/mol. The Morgan fingerprint density at radius 1 is 0.912 bits per heavy atom. The fraction of sp³-hybridized carbons (Fsp3) is 0.160. The lowest BCUT2D eigenvalue weighted by molar-refractivity contribution is 0.0984. The van der Waals surface area contributed by atoms with Crippen LogP contribution in [0.5, 0.6) is 23.0 Å². The third-order valence-corrected chi connectivity index (χ3v) is 6.02. The molecule has 0 aliphatic rings. The largest absolute Gasteiger partial charge is 0.497 e. The SMILES string of the molecule is COc1ccc(/C=N/N(C(=O)c2cccc(OC)c2OC)c2nc3ccc(OC)cc3s2)cc1. The Morgan fingerprint density at radius 3 is 2.32 bits per heavy atom. The molecule has 34 heavy (non-hydrogen) atoms. The number of aromatic nitrogens is 1. The van der Waals surface area contributed by atoms with E-state index >= 15 is 0 Å². The number of nitrogens with zero attached hydrogens (tertiary/aromatic N) is 3. The van der Waals surface area contributed by atoms with Crippen molar-refractivity contribution >= 4 is 38.8 Å². The summed E-state index contributed by atoms with van der Waals surface area (Å²) in [5.74, 6) is 1.79. The highest BCUT2D eigenvalue weighted by atomic mass is 32.1. The summed E-state index contributed by atoms with van der Waals surface area (Å²) in [4.78, 5) is 18.3. The number of methoxy groups -OCH3 is 4. The second-order valence-electron chi connectivity index (χ2n) is 7.01. The predicted octanol–water partition coefficient (Wildman–Crippen LogP) is 5.01. The van der Waals surface area contributed by atoms with Crippen LogP contribution in [0.1, 0.15) is 15.9 Å². The van der Waals surface area contributed by atoms with E-state index in [-0.39, 0.29) is 0 Å². The third-order valence-electron chi connectivity index (χ3n) is 5.03. The zero-order valence-electron chi connectivity index (χ0n) is 19.1. The van der Waals surface area contributed by atoms with E-state index in [9.17, 15) is 4.79 Å². The lowest BCUT2D eigenvalue weighted by Crippen LogP contribution is -2.26. The van der Waals surface area contributed by atoms with Crippen LogP contribution in [0.4, 0.5) is 5.13 Å². The van der Waals surface area contributed by atoms with Crippen molar-refractivity contribution in [2.75, 3.05) is 33.4 Å². The van der Waals surface area contributed by atoms with Crippen molar-refractivity contribution in [1.82, 2.24) is 4.98 Å². The maximum absolute atomic E-state index is 13.7. The molecule has 0 radical (unpaired) electrons. The number of carbonyl (C=O) groups excluding carboxylic acids is 1. The first-order chi connectivity index (χ1) is 16.6. The summed E-state index contributed by atoms with van der Waals surface area (Å²) < 4.78 is 22.2. The first kappa shape index (κ1) is 23.1. The zero-order valence-corrected chi connectivity index (χ0v) is 20.0. The zero-order chi connectivity index (χ0) is 24.1. The van der Waals surface area contributed by atoms with Gasteiger partial charge in [0.2, 0.25) is 5.13 Å². The van der Waals surface area contributed by atoms with Gasteiger partial charge in [0.05, 0.1) is 50.4 Å². The number of benzene rings is 3. The Labute approximate surface area is 201 Å². The molecule has 0 aliphatic heterocycles. The lowest BCUT2D eigenvalue weighted by Gasteiger charge is -2.17. The Morgan fingerprint density at radius 2 is 1.65 bits per heavy atom. The first-order valence-corrected chi connectivity index (χ1v) is 11.1. The van der Waals surface area contributed by atoms with Gasteiger partial charge in [-0.3, -0.25) is 4.79 Å².